The second-order valence-electron chi connectivity index (χ2n) is 6.75. The first kappa shape index (κ1) is 13.3. The molecule has 3 heteroatoms. The summed E-state index contributed by atoms with van der Waals surface area (Å²) in [5, 5.41) is 3.67. The number of rotatable bonds is 5. The smallest absolute Gasteiger partial charge is 0.0109 e. The molecule has 100 valence electrons. The van der Waals surface area contributed by atoms with E-state index in [1.165, 1.54) is 58.5 Å². The fraction of sp³-hybridized carbons (Fsp3) is 1.00. The molecule has 2 aliphatic rings. The summed E-state index contributed by atoms with van der Waals surface area (Å²) in [6.07, 6.45) is 4.11. The Hall–Kier alpha value is -0.120. The maximum atomic E-state index is 3.67. The Morgan fingerprint density at radius 3 is 2.59 bits per heavy atom. The molecule has 0 aromatic rings. The predicted octanol–water partition coefficient (Wildman–Crippen LogP) is 1.40. The van der Waals surface area contributed by atoms with E-state index in [0.717, 1.165) is 6.04 Å². The van der Waals surface area contributed by atoms with E-state index in [9.17, 15) is 0 Å². The van der Waals surface area contributed by atoms with Crippen molar-refractivity contribution in [1.29, 1.82) is 0 Å². The topological polar surface area (TPSA) is 18.5 Å². The fourth-order valence-electron chi connectivity index (χ4n) is 2.63. The van der Waals surface area contributed by atoms with E-state index >= 15 is 0 Å². The minimum atomic E-state index is 0.408. The monoisotopic (exact) mass is 239 g/mol. The van der Waals surface area contributed by atoms with E-state index < -0.39 is 0 Å². The summed E-state index contributed by atoms with van der Waals surface area (Å²) >= 11 is 0. The first-order valence-electron chi connectivity index (χ1n) is 7.19. The number of hydrogen-bond donors (Lipinski definition) is 1. The molecule has 0 bridgehead atoms. The van der Waals surface area contributed by atoms with E-state index in [1.54, 1.807) is 0 Å². The molecule has 0 spiro atoms. The van der Waals surface area contributed by atoms with Crippen molar-refractivity contribution in [3.8, 4) is 0 Å². The van der Waals surface area contributed by atoms with Crippen LogP contribution in [0.2, 0.25) is 0 Å². The van der Waals surface area contributed by atoms with Gasteiger partial charge in [0.25, 0.3) is 0 Å². The molecule has 1 saturated heterocycles. The van der Waals surface area contributed by atoms with E-state index in [-0.39, 0.29) is 0 Å². The highest BCUT2D eigenvalue weighted by Gasteiger charge is 2.27. The van der Waals surface area contributed by atoms with Gasteiger partial charge in [0.1, 0.15) is 0 Å². The highest BCUT2D eigenvalue weighted by molar-refractivity contribution is 4.85. The van der Waals surface area contributed by atoms with Crippen LogP contribution < -0.4 is 5.32 Å². The largest absolute Gasteiger partial charge is 0.313 e. The third-order valence-corrected chi connectivity index (χ3v) is 3.91. The molecule has 0 aromatic heterocycles. The van der Waals surface area contributed by atoms with Gasteiger partial charge in [-0.1, -0.05) is 13.8 Å². The molecule has 0 amide bonds. The van der Waals surface area contributed by atoms with Crippen LogP contribution in [0.25, 0.3) is 0 Å². The molecule has 2 rings (SSSR count). The van der Waals surface area contributed by atoms with Crippen LogP contribution in [0, 0.1) is 5.41 Å². The first-order chi connectivity index (χ1) is 8.05. The highest BCUT2D eigenvalue weighted by Crippen LogP contribution is 2.22. The van der Waals surface area contributed by atoms with Gasteiger partial charge in [0.15, 0.2) is 0 Å². The molecule has 17 heavy (non-hydrogen) atoms. The molecule has 1 heterocycles. The lowest BCUT2D eigenvalue weighted by Crippen LogP contribution is -2.42. The lowest BCUT2D eigenvalue weighted by molar-refractivity contribution is 0.178. The van der Waals surface area contributed by atoms with Gasteiger partial charge in [-0.05, 0) is 44.8 Å². The van der Waals surface area contributed by atoms with Crippen molar-refractivity contribution in [2.75, 3.05) is 46.3 Å². The Balaban J connectivity index is 1.72. The minimum Gasteiger partial charge on any atom is -0.313 e. The molecule has 0 radical (unpaired) electrons. The van der Waals surface area contributed by atoms with Crippen molar-refractivity contribution >= 4 is 0 Å². The second kappa shape index (κ2) is 5.68. The van der Waals surface area contributed by atoms with Crippen molar-refractivity contribution in [3.63, 3.8) is 0 Å². The summed E-state index contributed by atoms with van der Waals surface area (Å²) in [6.45, 7) is 12.2. The van der Waals surface area contributed by atoms with Gasteiger partial charge in [0.2, 0.25) is 0 Å². The summed E-state index contributed by atoms with van der Waals surface area (Å²) in [6, 6.07) is 0.838. The quantitative estimate of drug-likeness (QED) is 0.782. The number of hydrogen-bond acceptors (Lipinski definition) is 3. The molecule has 1 aliphatic carbocycles. The summed E-state index contributed by atoms with van der Waals surface area (Å²) in [5.41, 5.74) is 0.408. The predicted molar refractivity (Wildman–Crippen MR) is 73.4 cm³/mol. The maximum Gasteiger partial charge on any atom is 0.0109 e. The average molecular weight is 239 g/mol. The summed E-state index contributed by atoms with van der Waals surface area (Å²) in [7, 11) is 2.24. The van der Waals surface area contributed by atoms with E-state index in [4.69, 9.17) is 0 Å². The number of nitrogens with one attached hydrogen (secondary N) is 1. The standard InChI is InChI=1S/C14H29N3/c1-14(2,11-15-13-5-6-13)12-17-8-4-7-16(3)9-10-17/h13,15H,4-12H2,1-3H3. The van der Waals surface area contributed by atoms with Gasteiger partial charge in [-0.25, -0.2) is 0 Å². The van der Waals surface area contributed by atoms with Crippen molar-refractivity contribution in [1.82, 2.24) is 15.1 Å². The van der Waals surface area contributed by atoms with Crippen LogP contribution >= 0.6 is 0 Å². The normalized spacial score (nSPS) is 24.9. The summed E-state index contributed by atoms with van der Waals surface area (Å²) in [4.78, 5) is 5.10. The van der Waals surface area contributed by atoms with Gasteiger partial charge >= 0.3 is 0 Å². The van der Waals surface area contributed by atoms with Gasteiger partial charge in [-0.2, -0.15) is 0 Å². The molecular formula is C14H29N3. The van der Waals surface area contributed by atoms with Crippen LogP contribution in [0.5, 0.6) is 0 Å². The molecule has 0 atom stereocenters. The van der Waals surface area contributed by atoms with Gasteiger partial charge in [0.05, 0.1) is 0 Å². The Bertz CT molecular complexity index is 236. The Labute approximate surface area is 107 Å². The van der Waals surface area contributed by atoms with Crippen molar-refractivity contribution in [2.24, 2.45) is 5.41 Å². The van der Waals surface area contributed by atoms with Crippen LogP contribution in [0.3, 0.4) is 0 Å². The SMILES string of the molecule is CN1CCCN(CC(C)(C)CNC2CC2)CC1. The zero-order valence-electron chi connectivity index (χ0n) is 11.8. The molecule has 2 fully saturated rings. The Morgan fingerprint density at radius 1 is 1.12 bits per heavy atom. The highest BCUT2D eigenvalue weighted by atomic mass is 15.2. The van der Waals surface area contributed by atoms with Crippen molar-refractivity contribution in [2.45, 2.75) is 39.2 Å². The van der Waals surface area contributed by atoms with Crippen LogP contribution in [-0.2, 0) is 0 Å². The second-order valence-corrected chi connectivity index (χ2v) is 6.75. The number of likely N-dealkylation sites (N-methyl/N-ethyl adjacent to an activating group) is 1. The van der Waals surface area contributed by atoms with Crippen LogP contribution in [0.4, 0.5) is 0 Å². The fourth-order valence-corrected chi connectivity index (χ4v) is 2.63. The Kier molecular flexibility index (Phi) is 4.45. The lowest BCUT2D eigenvalue weighted by Gasteiger charge is -2.32. The third kappa shape index (κ3) is 4.94. The Morgan fingerprint density at radius 2 is 1.88 bits per heavy atom. The summed E-state index contributed by atoms with van der Waals surface area (Å²) < 4.78 is 0. The van der Waals surface area contributed by atoms with Gasteiger partial charge in [-0.3, -0.25) is 0 Å². The van der Waals surface area contributed by atoms with Crippen LogP contribution in [0.1, 0.15) is 33.1 Å². The van der Waals surface area contributed by atoms with E-state index in [2.05, 4.69) is 36.0 Å². The zero-order chi connectivity index (χ0) is 12.3. The van der Waals surface area contributed by atoms with Crippen LogP contribution in [-0.4, -0.2) is 62.2 Å². The zero-order valence-corrected chi connectivity index (χ0v) is 11.8. The van der Waals surface area contributed by atoms with E-state index in [1.807, 2.05) is 0 Å². The lowest BCUT2D eigenvalue weighted by atomic mass is 9.92. The molecule has 1 aliphatic heterocycles. The van der Waals surface area contributed by atoms with Crippen LogP contribution in [0.15, 0.2) is 0 Å². The number of nitrogens with zero attached hydrogens (tertiary/aromatic N) is 2. The third-order valence-electron chi connectivity index (χ3n) is 3.91. The minimum absolute atomic E-state index is 0.408. The molecular weight excluding hydrogens is 210 g/mol. The van der Waals surface area contributed by atoms with Gasteiger partial charge in [-0.15, -0.1) is 0 Å². The average Bonchev–Trinajstić information content (AvgIpc) is 3.05. The molecule has 0 aromatic carbocycles. The molecule has 1 N–H and O–H groups in total. The molecule has 0 unspecified atom stereocenters. The van der Waals surface area contributed by atoms with Crippen molar-refractivity contribution in [3.05, 3.63) is 0 Å². The van der Waals surface area contributed by atoms with Gasteiger partial charge < -0.3 is 15.1 Å². The maximum absolute atomic E-state index is 3.67. The first-order valence-corrected chi connectivity index (χ1v) is 7.19. The van der Waals surface area contributed by atoms with E-state index in [0.29, 0.717) is 5.41 Å². The molecule has 3 nitrogen and oxygen atoms in total. The molecule has 1 saturated carbocycles. The van der Waals surface area contributed by atoms with Gasteiger partial charge in [0, 0.05) is 32.2 Å². The summed E-state index contributed by atoms with van der Waals surface area (Å²) in [5.74, 6) is 0. The van der Waals surface area contributed by atoms with Crippen molar-refractivity contribution < 1.29 is 0 Å².